The minimum Gasteiger partial charge on any atom is -0.236 e. The van der Waals surface area contributed by atoms with Gasteiger partial charge in [0.05, 0.1) is 20.4 Å². The average Bonchev–Trinajstić information content (AvgIpc) is 3.47. The molecule has 6 heteroatoms. The van der Waals surface area contributed by atoms with Crippen LogP contribution < -0.4 is 0 Å². The summed E-state index contributed by atoms with van der Waals surface area (Å²) in [5, 5.41) is 2.13. The molecule has 0 unspecified atom stereocenters. The standard InChI is InChI=1S/C26H16N2S4/c1-5-13-21(17(9-1)25-27-19-11-3-7-15-23(19)29-25)31-32-22-14-6-2-10-18(22)26-28-20-12-4-8-16-24(20)30-26/h1-16H. The number of benzene rings is 4. The zero-order chi connectivity index (χ0) is 21.3. The van der Waals surface area contributed by atoms with Crippen LogP contribution in [0.2, 0.25) is 0 Å². The van der Waals surface area contributed by atoms with Crippen molar-refractivity contribution in [1.82, 2.24) is 9.97 Å². The minimum absolute atomic E-state index is 1.06. The molecule has 32 heavy (non-hydrogen) atoms. The summed E-state index contributed by atoms with van der Waals surface area (Å²) < 4.78 is 2.44. The molecule has 0 atom stereocenters. The van der Waals surface area contributed by atoms with Gasteiger partial charge in [-0.2, -0.15) is 0 Å². The monoisotopic (exact) mass is 484 g/mol. The van der Waals surface area contributed by atoms with Crippen LogP contribution in [0, 0.1) is 0 Å². The third-order valence-corrected chi connectivity index (χ3v) is 9.67. The molecule has 0 N–H and O–H groups in total. The SMILES string of the molecule is c1ccc(-c2nc3ccccc3s2)c(SSc2ccccc2-c2nc3ccccc3s2)c1. The van der Waals surface area contributed by atoms with Gasteiger partial charge in [0.25, 0.3) is 0 Å². The van der Waals surface area contributed by atoms with Gasteiger partial charge in [0.1, 0.15) is 10.0 Å². The van der Waals surface area contributed by atoms with E-state index in [-0.39, 0.29) is 0 Å². The Bertz CT molecular complexity index is 1370. The Morgan fingerprint density at radius 1 is 0.469 bits per heavy atom. The summed E-state index contributed by atoms with van der Waals surface area (Å²) in [7, 11) is 3.56. The lowest BCUT2D eigenvalue weighted by atomic mass is 10.2. The number of aromatic nitrogens is 2. The molecule has 0 radical (unpaired) electrons. The van der Waals surface area contributed by atoms with Crippen LogP contribution in [0.5, 0.6) is 0 Å². The van der Waals surface area contributed by atoms with E-state index in [4.69, 9.17) is 9.97 Å². The first-order valence-electron chi connectivity index (χ1n) is 10.1. The maximum absolute atomic E-state index is 4.88. The van der Waals surface area contributed by atoms with E-state index < -0.39 is 0 Å². The highest BCUT2D eigenvalue weighted by Gasteiger charge is 2.14. The fourth-order valence-electron chi connectivity index (χ4n) is 3.50. The molecule has 2 heterocycles. The smallest absolute Gasteiger partial charge is 0.125 e. The van der Waals surface area contributed by atoms with E-state index >= 15 is 0 Å². The van der Waals surface area contributed by atoms with E-state index in [1.54, 1.807) is 44.3 Å². The molecule has 0 saturated heterocycles. The van der Waals surface area contributed by atoms with Crippen LogP contribution in [-0.2, 0) is 0 Å². The second-order valence-corrected chi connectivity index (χ2v) is 11.4. The first-order chi connectivity index (χ1) is 15.8. The predicted octanol–water partition coefficient (Wildman–Crippen LogP) is 9.04. The Hall–Kier alpha value is -2.64. The maximum atomic E-state index is 4.88. The molecule has 0 aliphatic rings. The zero-order valence-electron chi connectivity index (χ0n) is 16.8. The van der Waals surface area contributed by atoms with Crippen molar-refractivity contribution in [1.29, 1.82) is 0 Å². The quantitative estimate of drug-likeness (QED) is 0.228. The highest BCUT2D eigenvalue weighted by atomic mass is 33.1. The Balaban J connectivity index is 1.33. The molecule has 0 amide bonds. The molecule has 154 valence electrons. The maximum Gasteiger partial charge on any atom is 0.125 e. The lowest BCUT2D eigenvalue weighted by molar-refractivity contribution is 1.40. The summed E-state index contributed by atoms with van der Waals surface area (Å²) in [4.78, 5) is 12.2. The number of fused-ring (bicyclic) bond motifs is 2. The van der Waals surface area contributed by atoms with Gasteiger partial charge in [-0.05, 0) is 36.4 Å². The van der Waals surface area contributed by atoms with Gasteiger partial charge in [-0.1, -0.05) is 82.3 Å². The normalized spacial score (nSPS) is 11.4. The molecule has 6 aromatic rings. The number of para-hydroxylation sites is 2. The number of hydrogen-bond acceptors (Lipinski definition) is 6. The first kappa shape index (κ1) is 20.0. The van der Waals surface area contributed by atoms with Crippen molar-refractivity contribution in [3.05, 3.63) is 97.1 Å². The van der Waals surface area contributed by atoms with Crippen LogP contribution >= 0.6 is 44.3 Å². The van der Waals surface area contributed by atoms with Gasteiger partial charge in [0, 0.05) is 20.9 Å². The lowest BCUT2D eigenvalue weighted by Gasteiger charge is -2.09. The number of rotatable bonds is 5. The number of hydrogen-bond donors (Lipinski definition) is 0. The molecule has 2 aromatic heterocycles. The highest BCUT2D eigenvalue weighted by molar-refractivity contribution is 8.76. The zero-order valence-corrected chi connectivity index (χ0v) is 20.0. The molecular formula is C26H16N2S4. The lowest BCUT2D eigenvalue weighted by Crippen LogP contribution is -1.82. The first-order valence-corrected chi connectivity index (χ1v) is 13.9. The summed E-state index contributed by atoms with van der Waals surface area (Å²) in [6.07, 6.45) is 0. The molecule has 0 saturated carbocycles. The Morgan fingerprint density at radius 2 is 0.875 bits per heavy atom. The van der Waals surface area contributed by atoms with Crippen LogP contribution in [0.1, 0.15) is 0 Å². The van der Waals surface area contributed by atoms with E-state index in [9.17, 15) is 0 Å². The van der Waals surface area contributed by atoms with Crippen molar-refractivity contribution in [2.24, 2.45) is 0 Å². The molecule has 2 nitrogen and oxygen atoms in total. The van der Waals surface area contributed by atoms with Crippen LogP contribution in [0.3, 0.4) is 0 Å². The van der Waals surface area contributed by atoms with Crippen LogP contribution in [0.4, 0.5) is 0 Å². The van der Waals surface area contributed by atoms with Crippen LogP contribution in [-0.4, -0.2) is 9.97 Å². The Labute approximate surface area is 201 Å². The van der Waals surface area contributed by atoms with Crippen molar-refractivity contribution in [2.45, 2.75) is 9.79 Å². The third kappa shape index (κ3) is 3.84. The molecular weight excluding hydrogens is 469 g/mol. The van der Waals surface area contributed by atoms with Gasteiger partial charge in [0.2, 0.25) is 0 Å². The summed E-state index contributed by atoms with van der Waals surface area (Å²) in [5.74, 6) is 0. The number of thiazole rings is 2. The average molecular weight is 485 g/mol. The highest BCUT2D eigenvalue weighted by Crippen LogP contribution is 2.46. The fourth-order valence-corrected chi connectivity index (χ4v) is 8.00. The third-order valence-electron chi connectivity index (χ3n) is 5.04. The van der Waals surface area contributed by atoms with Crippen LogP contribution in [0.25, 0.3) is 41.6 Å². The van der Waals surface area contributed by atoms with Gasteiger partial charge >= 0.3 is 0 Å². The van der Waals surface area contributed by atoms with Crippen molar-refractivity contribution in [3.8, 4) is 21.1 Å². The van der Waals surface area contributed by atoms with E-state index in [1.807, 2.05) is 12.1 Å². The van der Waals surface area contributed by atoms with Crippen molar-refractivity contribution >= 4 is 64.7 Å². The predicted molar refractivity (Wildman–Crippen MR) is 142 cm³/mol. The molecule has 4 aromatic carbocycles. The molecule has 0 aliphatic heterocycles. The van der Waals surface area contributed by atoms with Gasteiger partial charge in [-0.3, -0.25) is 0 Å². The minimum atomic E-state index is 1.06. The summed E-state index contributed by atoms with van der Waals surface area (Å²) in [5.41, 5.74) is 4.48. The van der Waals surface area contributed by atoms with Gasteiger partial charge in [-0.25, -0.2) is 9.97 Å². The summed E-state index contributed by atoms with van der Waals surface area (Å²) in [6, 6.07) is 33.7. The van der Waals surface area contributed by atoms with Gasteiger partial charge in [-0.15, -0.1) is 22.7 Å². The molecule has 0 aliphatic carbocycles. The van der Waals surface area contributed by atoms with E-state index in [1.165, 1.54) is 30.3 Å². The van der Waals surface area contributed by atoms with Gasteiger partial charge < -0.3 is 0 Å². The second kappa shape index (κ2) is 8.71. The van der Waals surface area contributed by atoms with E-state index in [0.717, 1.165) is 21.0 Å². The van der Waals surface area contributed by atoms with Gasteiger partial charge in [0.15, 0.2) is 0 Å². The summed E-state index contributed by atoms with van der Waals surface area (Å²) in [6.45, 7) is 0. The summed E-state index contributed by atoms with van der Waals surface area (Å²) >= 11 is 3.49. The number of nitrogens with zero attached hydrogens (tertiary/aromatic N) is 2. The van der Waals surface area contributed by atoms with Crippen LogP contribution in [0.15, 0.2) is 107 Å². The fraction of sp³-hybridized carbons (Fsp3) is 0. The Morgan fingerprint density at radius 3 is 1.34 bits per heavy atom. The molecule has 6 rings (SSSR count). The van der Waals surface area contributed by atoms with Crippen molar-refractivity contribution in [2.75, 3.05) is 0 Å². The van der Waals surface area contributed by atoms with E-state index in [2.05, 4.69) is 84.9 Å². The Kier molecular flexibility index (Phi) is 5.45. The largest absolute Gasteiger partial charge is 0.236 e. The van der Waals surface area contributed by atoms with Crippen molar-refractivity contribution in [3.63, 3.8) is 0 Å². The second-order valence-electron chi connectivity index (χ2n) is 7.13. The molecule has 0 spiro atoms. The topological polar surface area (TPSA) is 25.8 Å². The van der Waals surface area contributed by atoms with E-state index in [0.29, 0.717) is 0 Å². The molecule has 0 fully saturated rings. The van der Waals surface area contributed by atoms with Crippen molar-refractivity contribution < 1.29 is 0 Å². The molecule has 0 bridgehead atoms.